The van der Waals surface area contributed by atoms with Gasteiger partial charge in [0.25, 0.3) is 5.91 Å². The van der Waals surface area contributed by atoms with E-state index in [1.807, 2.05) is 39.1 Å². The predicted octanol–water partition coefficient (Wildman–Crippen LogP) is 1.45. The average molecular weight is 330 g/mol. The monoisotopic (exact) mass is 330 g/mol. The largest absolute Gasteiger partial charge is 0.348 e. The molecule has 24 heavy (non-hydrogen) atoms. The zero-order chi connectivity index (χ0) is 17.1. The molecule has 3 rings (SSSR count). The summed E-state index contributed by atoms with van der Waals surface area (Å²) in [6, 6.07) is 7.41. The lowest BCUT2D eigenvalue weighted by Crippen LogP contribution is -2.38. The normalized spacial score (nSPS) is 15.0. The summed E-state index contributed by atoms with van der Waals surface area (Å²) in [4.78, 5) is 19.0. The van der Waals surface area contributed by atoms with Crippen molar-refractivity contribution in [2.24, 2.45) is 7.05 Å². The van der Waals surface area contributed by atoms with Crippen LogP contribution in [0, 0.1) is 13.8 Å². The molecular formula is C17H22N4O3. The molecule has 0 spiro atoms. The number of pyridine rings is 1. The van der Waals surface area contributed by atoms with Crippen molar-refractivity contribution in [1.82, 2.24) is 19.7 Å². The number of hydrogen-bond donors (Lipinski definition) is 0. The van der Waals surface area contributed by atoms with Gasteiger partial charge >= 0.3 is 0 Å². The molecule has 128 valence electrons. The van der Waals surface area contributed by atoms with Crippen molar-refractivity contribution in [1.29, 1.82) is 0 Å². The first-order chi connectivity index (χ1) is 11.5. The number of hydrogen-bond acceptors (Lipinski definition) is 5. The SMILES string of the molecule is Cc1cccc(C(=O)N(Cc2cc(C)nn2C)CC2OCCO2)n1. The summed E-state index contributed by atoms with van der Waals surface area (Å²) in [5, 5.41) is 4.34. The van der Waals surface area contributed by atoms with Gasteiger partial charge in [-0.15, -0.1) is 0 Å². The average Bonchev–Trinajstić information content (AvgIpc) is 3.16. The van der Waals surface area contributed by atoms with Crippen molar-refractivity contribution in [2.75, 3.05) is 19.8 Å². The van der Waals surface area contributed by atoms with E-state index < -0.39 is 6.29 Å². The van der Waals surface area contributed by atoms with E-state index in [9.17, 15) is 4.79 Å². The number of aromatic nitrogens is 3. The molecule has 2 aromatic heterocycles. The molecule has 0 atom stereocenters. The number of aryl methyl sites for hydroxylation is 3. The minimum Gasteiger partial charge on any atom is -0.348 e. The number of ether oxygens (including phenoxy) is 2. The van der Waals surface area contributed by atoms with Crippen LogP contribution in [-0.2, 0) is 23.1 Å². The second kappa shape index (κ2) is 7.11. The Hall–Kier alpha value is -2.25. The maximum absolute atomic E-state index is 12.9. The van der Waals surface area contributed by atoms with E-state index in [1.54, 1.807) is 15.6 Å². The van der Waals surface area contributed by atoms with Crippen molar-refractivity contribution >= 4 is 5.91 Å². The lowest BCUT2D eigenvalue weighted by molar-refractivity contribution is -0.0587. The smallest absolute Gasteiger partial charge is 0.272 e. The van der Waals surface area contributed by atoms with E-state index in [-0.39, 0.29) is 5.91 Å². The van der Waals surface area contributed by atoms with Crippen LogP contribution in [-0.4, -0.2) is 51.6 Å². The summed E-state index contributed by atoms with van der Waals surface area (Å²) in [5.41, 5.74) is 3.10. The van der Waals surface area contributed by atoms with E-state index >= 15 is 0 Å². The molecule has 1 saturated heterocycles. The molecule has 1 aliphatic heterocycles. The topological polar surface area (TPSA) is 69.5 Å². The van der Waals surface area contributed by atoms with Gasteiger partial charge < -0.3 is 14.4 Å². The molecule has 0 unspecified atom stereocenters. The Balaban J connectivity index is 1.83. The maximum Gasteiger partial charge on any atom is 0.272 e. The second-order valence-corrected chi connectivity index (χ2v) is 5.92. The fourth-order valence-electron chi connectivity index (χ4n) is 2.74. The van der Waals surface area contributed by atoms with Gasteiger partial charge in [0.05, 0.1) is 37.7 Å². The lowest BCUT2D eigenvalue weighted by atomic mass is 10.2. The molecule has 7 nitrogen and oxygen atoms in total. The van der Waals surface area contributed by atoms with Gasteiger partial charge in [0.1, 0.15) is 5.69 Å². The van der Waals surface area contributed by atoms with Crippen molar-refractivity contribution in [2.45, 2.75) is 26.7 Å². The fraction of sp³-hybridized carbons (Fsp3) is 0.471. The first-order valence-electron chi connectivity index (χ1n) is 7.98. The third kappa shape index (κ3) is 3.80. The molecule has 3 heterocycles. The van der Waals surface area contributed by atoms with Crippen LogP contribution in [0.5, 0.6) is 0 Å². The summed E-state index contributed by atoms with van der Waals surface area (Å²) in [5.74, 6) is -0.142. The van der Waals surface area contributed by atoms with Gasteiger partial charge in [-0.05, 0) is 32.0 Å². The van der Waals surface area contributed by atoms with E-state index in [1.165, 1.54) is 0 Å². The Morgan fingerprint density at radius 3 is 2.67 bits per heavy atom. The van der Waals surface area contributed by atoms with Crippen LogP contribution >= 0.6 is 0 Å². The number of carbonyl (C=O) groups is 1. The number of carbonyl (C=O) groups excluding carboxylic acids is 1. The molecule has 2 aromatic rings. The van der Waals surface area contributed by atoms with Gasteiger partial charge in [-0.25, -0.2) is 4.98 Å². The lowest BCUT2D eigenvalue weighted by Gasteiger charge is -2.24. The van der Waals surface area contributed by atoms with Crippen molar-refractivity contribution in [3.05, 3.63) is 47.0 Å². The molecule has 0 radical (unpaired) electrons. The van der Waals surface area contributed by atoms with E-state index in [4.69, 9.17) is 9.47 Å². The Kier molecular flexibility index (Phi) is 4.92. The quantitative estimate of drug-likeness (QED) is 0.830. The van der Waals surface area contributed by atoms with Crippen molar-refractivity contribution in [3.8, 4) is 0 Å². The van der Waals surface area contributed by atoms with E-state index in [0.29, 0.717) is 32.0 Å². The summed E-state index contributed by atoms with van der Waals surface area (Å²) >= 11 is 0. The highest BCUT2D eigenvalue weighted by Crippen LogP contribution is 2.14. The van der Waals surface area contributed by atoms with Gasteiger partial charge in [-0.2, -0.15) is 5.10 Å². The molecule has 1 amide bonds. The van der Waals surface area contributed by atoms with Gasteiger partial charge in [0.2, 0.25) is 0 Å². The minimum atomic E-state index is -0.395. The first-order valence-corrected chi connectivity index (χ1v) is 7.98. The second-order valence-electron chi connectivity index (χ2n) is 5.92. The molecule has 0 aliphatic carbocycles. The summed E-state index contributed by atoms with van der Waals surface area (Å²) in [6.45, 7) is 5.70. The standard InChI is InChI=1S/C17H22N4O3/c1-12-5-4-6-15(18-12)17(22)21(11-16-23-7-8-24-16)10-14-9-13(2)19-20(14)3/h4-6,9,16H,7-8,10-11H2,1-3H3. The van der Waals surface area contributed by atoms with Crippen LogP contribution in [0.4, 0.5) is 0 Å². The van der Waals surface area contributed by atoms with Gasteiger partial charge in [-0.3, -0.25) is 9.48 Å². The summed E-state index contributed by atoms with van der Waals surface area (Å²) < 4.78 is 12.8. The van der Waals surface area contributed by atoms with Gasteiger partial charge in [0, 0.05) is 12.7 Å². The van der Waals surface area contributed by atoms with E-state index in [0.717, 1.165) is 17.1 Å². The van der Waals surface area contributed by atoms with Crippen LogP contribution in [0.15, 0.2) is 24.3 Å². The third-order valence-electron chi connectivity index (χ3n) is 3.91. The van der Waals surface area contributed by atoms with Crippen molar-refractivity contribution in [3.63, 3.8) is 0 Å². The zero-order valence-electron chi connectivity index (χ0n) is 14.2. The number of nitrogens with zero attached hydrogens (tertiary/aromatic N) is 4. The number of amides is 1. The zero-order valence-corrected chi connectivity index (χ0v) is 14.2. The first kappa shape index (κ1) is 16.6. The van der Waals surface area contributed by atoms with Crippen LogP contribution in [0.1, 0.15) is 27.6 Å². The molecule has 7 heteroatoms. The van der Waals surface area contributed by atoms with Gasteiger partial charge in [-0.1, -0.05) is 6.07 Å². The molecule has 1 fully saturated rings. The molecule has 0 aromatic carbocycles. The highest BCUT2D eigenvalue weighted by atomic mass is 16.7. The Bertz CT molecular complexity index is 722. The Morgan fingerprint density at radius 1 is 1.29 bits per heavy atom. The number of rotatable bonds is 5. The van der Waals surface area contributed by atoms with Crippen LogP contribution in [0.25, 0.3) is 0 Å². The molecule has 0 bridgehead atoms. The molecule has 0 saturated carbocycles. The Labute approximate surface area is 141 Å². The highest BCUT2D eigenvalue weighted by molar-refractivity contribution is 5.92. The maximum atomic E-state index is 12.9. The van der Waals surface area contributed by atoms with Crippen molar-refractivity contribution < 1.29 is 14.3 Å². The minimum absolute atomic E-state index is 0.142. The summed E-state index contributed by atoms with van der Waals surface area (Å²) in [7, 11) is 1.87. The van der Waals surface area contributed by atoms with Crippen LogP contribution < -0.4 is 0 Å². The van der Waals surface area contributed by atoms with Crippen LogP contribution in [0.3, 0.4) is 0 Å². The molecule has 1 aliphatic rings. The van der Waals surface area contributed by atoms with Crippen LogP contribution in [0.2, 0.25) is 0 Å². The molecular weight excluding hydrogens is 308 g/mol. The third-order valence-corrected chi connectivity index (χ3v) is 3.91. The molecule has 0 N–H and O–H groups in total. The predicted molar refractivity (Wildman–Crippen MR) is 87.4 cm³/mol. The van der Waals surface area contributed by atoms with E-state index in [2.05, 4.69) is 10.1 Å². The van der Waals surface area contributed by atoms with Gasteiger partial charge in [0.15, 0.2) is 6.29 Å². The fourth-order valence-corrected chi connectivity index (χ4v) is 2.74. The summed E-state index contributed by atoms with van der Waals surface area (Å²) in [6.07, 6.45) is -0.395. The highest BCUT2D eigenvalue weighted by Gasteiger charge is 2.25. The Morgan fingerprint density at radius 2 is 2.04 bits per heavy atom.